The van der Waals surface area contributed by atoms with Gasteiger partial charge in [0.2, 0.25) is 0 Å². The minimum Gasteiger partial charge on any atom is -0.491 e. The average molecular weight is 406 g/mol. The number of rotatable bonds is 6. The first-order valence-corrected chi connectivity index (χ1v) is 9.57. The molecule has 4 rings (SSSR count). The number of ether oxygens (including phenoxy) is 1. The number of thioether (sulfide) groups is 1. The molecule has 0 amide bonds. The third kappa shape index (κ3) is 3.97. The van der Waals surface area contributed by atoms with Gasteiger partial charge in [0.25, 0.3) is 0 Å². The van der Waals surface area contributed by atoms with Crippen molar-refractivity contribution in [3.63, 3.8) is 0 Å². The normalized spacial score (nSPS) is 12.7. The molecule has 9 heteroatoms. The molecule has 0 aliphatic rings. The molecule has 27 heavy (non-hydrogen) atoms. The van der Waals surface area contributed by atoms with Crippen LogP contribution in [-0.2, 0) is 0 Å². The number of oxazole rings is 1. The highest BCUT2D eigenvalue weighted by atomic mass is 35.5. The summed E-state index contributed by atoms with van der Waals surface area (Å²) in [5.74, 6) is 0.414. The van der Waals surface area contributed by atoms with Crippen LogP contribution in [0, 0.1) is 6.92 Å². The minimum atomic E-state index is -0.692. The number of aliphatic hydroxyl groups excluding tert-OH is 1. The Kier molecular flexibility index (Phi) is 4.86. The molecule has 0 saturated heterocycles. The quantitative estimate of drug-likeness (QED) is 0.424. The van der Waals surface area contributed by atoms with Crippen molar-refractivity contribution < 1.29 is 14.3 Å². The first-order chi connectivity index (χ1) is 13.0. The zero-order valence-electron chi connectivity index (χ0n) is 14.3. The minimum absolute atomic E-state index is 0.109. The summed E-state index contributed by atoms with van der Waals surface area (Å²) in [5.41, 5.74) is 3.70. The van der Waals surface area contributed by atoms with E-state index in [1.54, 1.807) is 18.2 Å². The molecule has 3 N–H and O–H groups in total. The van der Waals surface area contributed by atoms with Crippen LogP contribution in [-0.4, -0.2) is 38.5 Å². The van der Waals surface area contributed by atoms with Crippen LogP contribution in [0.2, 0.25) is 5.02 Å². The summed E-state index contributed by atoms with van der Waals surface area (Å²) in [7, 11) is 0. The van der Waals surface area contributed by atoms with E-state index in [-0.39, 0.29) is 6.61 Å². The number of aliphatic hydroxyl groups is 1. The molecule has 2 aromatic carbocycles. The van der Waals surface area contributed by atoms with Gasteiger partial charge in [-0.15, -0.1) is 0 Å². The van der Waals surface area contributed by atoms with Crippen molar-refractivity contribution >= 4 is 45.5 Å². The van der Waals surface area contributed by atoms with Crippen molar-refractivity contribution in [2.75, 3.05) is 12.4 Å². The molecule has 2 aromatic heterocycles. The predicted molar refractivity (Wildman–Crippen MR) is 105 cm³/mol. The lowest BCUT2D eigenvalue weighted by atomic mass is 10.2. The number of hydrogen-bond acceptors (Lipinski definition) is 6. The Morgan fingerprint density at radius 1 is 1.30 bits per heavy atom. The molecule has 2 heterocycles. The Morgan fingerprint density at radius 2 is 2.15 bits per heavy atom. The van der Waals surface area contributed by atoms with E-state index in [0.717, 1.165) is 16.6 Å². The van der Waals surface area contributed by atoms with Crippen molar-refractivity contribution in [2.45, 2.75) is 18.2 Å². The van der Waals surface area contributed by atoms with Gasteiger partial charge >= 0.3 is 5.76 Å². The number of aryl methyl sites for hydroxylation is 1. The maximum absolute atomic E-state index is 11.2. The van der Waals surface area contributed by atoms with Crippen LogP contribution >= 0.6 is 23.4 Å². The van der Waals surface area contributed by atoms with Crippen molar-refractivity contribution in [1.82, 2.24) is 15.0 Å². The Balaban J connectivity index is 1.34. The van der Waals surface area contributed by atoms with Crippen molar-refractivity contribution in [1.29, 1.82) is 0 Å². The van der Waals surface area contributed by atoms with E-state index in [1.807, 2.05) is 19.1 Å². The molecular formula is C18H16ClN3O4S. The fourth-order valence-electron chi connectivity index (χ4n) is 2.62. The molecule has 0 unspecified atom stereocenters. The summed E-state index contributed by atoms with van der Waals surface area (Å²) in [6.45, 7) is 2.05. The van der Waals surface area contributed by atoms with Crippen molar-refractivity contribution in [3.8, 4) is 5.75 Å². The molecule has 7 nitrogen and oxygen atoms in total. The standard InChI is InChI=1S/C18H16ClN3O4S/c1-9-4-14-15(6-12(9)19)21-17(20-14)27-8-10(23)7-25-11-2-3-13-16(5-11)26-18(24)22-13/h2-6,10,23H,7-8H2,1H3,(H,20,21)(H,22,24)/t10-/m1/s1. The lowest BCUT2D eigenvalue weighted by molar-refractivity contribution is 0.126. The van der Waals surface area contributed by atoms with Crippen molar-refractivity contribution in [3.05, 3.63) is 51.5 Å². The van der Waals surface area contributed by atoms with E-state index < -0.39 is 11.9 Å². The van der Waals surface area contributed by atoms with Crippen LogP contribution in [0.5, 0.6) is 5.75 Å². The number of benzene rings is 2. The lowest BCUT2D eigenvalue weighted by Gasteiger charge is -2.11. The summed E-state index contributed by atoms with van der Waals surface area (Å²) in [6.07, 6.45) is -0.692. The molecule has 0 radical (unpaired) electrons. The molecule has 0 spiro atoms. The second kappa shape index (κ2) is 7.30. The monoisotopic (exact) mass is 405 g/mol. The highest BCUT2D eigenvalue weighted by Gasteiger charge is 2.11. The molecule has 0 bridgehead atoms. The Bertz CT molecular complexity index is 1130. The zero-order valence-corrected chi connectivity index (χ0v) is 15.9. The fourth-order valence-corrected chi connectivity index (χ4v) is 3.57. The molecular weight excluding hydrogens is 390 g/mol. The Morgan fingerprint density at radius 3 is 3.00 bits per heavy atom. The Hall–Kier alpha value is -2.42. The van der Waals surface area contributed by atoms with E-state index >= 15 is 0 Å². The molecule has 4 aromatic rings. The number of H-pyrrole nitrogens is 2. The van der Waals surface area contributed by atoms with Crippen LogP contribution in [0.15, 0.2) is 44.7 Å². The first-order valence-electron chi connectivity index (χ1n) is 8.20. The van der Waals surface area contributed by atoms with E-state index in [4.69, 9.17) is 20.8 Å². The first kappa shape index (κ1) is 18.0. The van der Waals surface area contributed by atoms with E-state index in [9.17, 15) is 9.90 Å². The maximum atomic E-state index is 11.2. The van der Waals surface area contributed by atoms with E-state index in [2.05, 4.69) is 15.0 Å². The number of fused-ring (bicyclic) bond motifs is 2. The van der Waals surface area contributed by atoms with Gasteiger partial charge in [-0.2, -0.15) is 0 Å². The largest absolute Gasteiger partial charge is 0.491 e. The topological polar surface area (TPSA) is 104 Å². The molecule has 140 valence electrons. The second-order valence-corrected chi connectivity index (χ2v) is 7.52. The number of hydrogen-bond donors (Lipinski definition) is 3. The molecule has 0 aliphatic heterocycles. The highest BCUT2D eigenvalue weighted by Crippen LogP contribution is 2.25. The van der Waals surface area contributed by atoms with Gasteiger partial charge in [-0.1, -0.05) is 23.4 Å². The van der Waals surface area contributed by atoms with Crippen LogP contribution in [0.25, 0.3) is 22.1 Å². The van der Waals surface area contributed by atoms with Gasteiger partial charge in [0.15, 0.2) is 10.7 Å². The van der Waals surface area contributed by atoms with Gasteiger partial charge in [-0.05, 0) is 36.8 Å². The highest BCUT2D eigenvalue weighted by molar-refractivity contribution is 7.99. The number of nitrogens with zero attached hydrogens (tertiary/aromatic N) is 1. The molecule has 0 aliphatic carbocycles. The van der Waals surface area contributed by atoms with Gasteiger partial charge in [0.05, 0.1) is 22.7 Å². The van der Waals surface area contributed by atoms with Crippen LogP contribution < -0.4 is 10.5 Å². The average Bonchev–Trinajstić information content (AvgIpc) is 3.19. The van der Waals surface area contributed by atoms with Crippen LogP contribution in [0.1, 0.15) is 5.56 Å². The van der Waals surface area contributed by atoms with Crippen LogP contribution in [0.4, 0.5) is 0 Å². The third-order valence-corrected chi connectivity index (χ3v) is 5.41. The number of aromatic nitrogens is 3. The summed E-state index contributed by atoms with van der Waals surface area (Å²) in [5, 5.41) is 11.5. The summed E-state index contributed by atoms with van der Waals surface area (Å²) >= 11 is 7.52. The van der Waals surface area contributed by atoms with Gasteiger partial charge in [-0.3, -0.25) is 4.98 Å². The van der Waals surface area contributed by atoms with Gasteiger partial charge in [0.1, 0.15) is 12.4 Å². The van der Waals surface area contributed by atoms with Gasteiger partial charge in [0, 0.05) is 16.8 Å². The Labute approximate surface area is 162 Å². The van der Waals surface area contributed by atoms with E-state index in [0.29, 0.717) is 32.8 Å². The number of imidazole rings is 1. The maximum Gasteiger partial charge on any atom is 0.417 e. The zero-order chi connectivity index (χ0) is 19.0. The fraction of sp³-hybridized carbons (Fsp3) is 0.222. The SMILES string of the molecule is Cc1cc2[nH]c(SC[C@H](O)COc3ccc4[nH]c(=O)oc4c3)nc2cc1Cl. The lowest BCUT2D eigenvalue weighted by Crippen LogP contribution is -2.20. The molecule has 0 saturated carbocycles. The number of aromatic amines is 2. The molecule has 1 atom stereocenters. The van der Waals surface area contributed by atoms with Crippen molar-refractivity contribution in [2.24, 2.45) is 0 Å². The second-order valence-electron chi connectivity index (χ2n) is 6.11. The summed E-state index contributed by atoms with van der Waals surface area (Å²) < 4.78 is 10.6. The van der Waals surface area contributed by atoms with E-state index in [1.165, 1.54) is 11.8 Å². The third-order valence-electron chi connectivity index (χ3n) is 3.99. The van der Waals surface area contributed by atoms with Gasteiger partial charge < -0.3 is 19.2 Å². The van der Waals surface area contributed by atoms with Crippen LogP contribution in [0.3, 0.4) is 0 Å². The predicted octanol–water partition coefficient (Wildman–Crippen LogP) is 3.49. The molecule has 0 fully saturated rings. The summed E-state index contributed by atoms with van der Waals surface area (Å²) in [4.78, 5) is 21.4. The number of nitrogens with one attached hydrogen (secondary N) is 2. The van der Waals surface area contributed by atoms with Gasteiger partial charge in [-0.25, -0.2) is 9.78 Å². The summed E-state index contributed by atoms with van der Waals surface area (Å²) in [6, 6.07) is 8.78. The number of halogens is 1. The smallest absolute Gasteiger partial charge is 0.417 e.